The van der Waals surface area contributed by atoms with Crippen LogP contribution < -0.4 is 10.1 Å². The second kappa shape index (κ2) is 5.89. The molecule has 0 spiro atoms. The van der Waals surface area contributed by atoms with Crippen LogP contribution in [0, 0.1) is 0 Å². The summed E-state index contributed by atoms with van der Waals surface area (Å²) in [6.07, 6.45) is 1.96. The number of benzene rings is 1. The zero-order chi connectivity index (χ0) is 13.8. The Bertz CT molecular complexity index is 546. The quantitative estimate of drug-likeness (QED) is 0.897. The molecule has 0 atom stereocenters. The van der Waals surface area contributed by atoms with Crippen LogP contribution in [0.5, 0.6) is 5.75 Å². The van der Waals surface area contributed by atoms with Gasteiger partial charge >= 0.3 is 0 Å². The highest BCUT2D eigenvalue weighted by molar-refractivity contribution is 5.64. The lowest BCUT2D eigenvalue weighted by atomic mass is 10.0. The van der Waals surface area contributed by atoms with E-state index in [-0.39, 0.29) is 0 Å². The zero-order valence-electron chi connectivity index (χ0n) is 12.0. The third kappa shape index (κ3) is 3.35. The minimum absolute atomic E-state index is 0.447. The highest BCUT2D eigenvalue weighted by Gasteiger charge is 2.09. The molecule has 0 bridgehead atoms. The molecule has 0 aliphatic carbocycles. The molecule has 4 nitrogen and oxygen atoms in total. The standard InChI is InChI=1S/C15H21N3O/c1-11(2)16-10-12-9-13(19-4)5-6-14(12)15-7-8-18(3)17-15/h5-9,11,16H,10H2,1-4H3. The number of nitrogens with one attached hydrogen (secondary N) is 1. The Morgan fingerprint density at radius 2 is 2.11 bits per heavy atom. The van der Waals surface area contributed by atoms with Crippen LogP contribution in [0.1, 0.15) is 19.4 Å². The largest absolute Gasteiger partial charge is 0.497 e. The Morgan fingerprint density at radius 1 is 1.32 bits per heavy atom. The molecule has 1 aromatic carbocycles. The summed E-state index contributed by atoms with van der Waals surface area (Å²) in [6, 6.07) is 8.59. The van der Waals surface area contributed by atoms with Crippen molar-refractivity contribution >= 4 is 0 Å². The van der Waals surface area contributed by atoms with Gasteiger partial charge in [-0.2, -0.15) is 5.10 Å². The third-order valence-electron chi connectivity index (χ3n) is 3.00. The maximum absolute atomic E-state index is 5.30. The van der Waals surface area contributed by atoms with Crippen LogP contribution in [0.15, 0.2) is 30.5 Å². The first-order valence-corrected chi connectivity index (χ1v) is 6.50. The van der Waals surface area contributed by atoms with E-state index in [0.717, 1.165) is 23.6 Å². The average molecular weight is 259 g/mol. The molecule has 1 aromatic heterocycles. The molecule has 102 valence electrons. The van der Waals surface area contributed by atoms with Crippen LogP contribution in [-0.4, -0.2) is 22.9 Å². The van der Waals surface area contributed by atoms with Crippen molar-refractivity contribution in [3.05, 3.63) is 36.0 Å². The van der Waals surface area contributed by atoms with Crippen molar-refractivity contribution < 1.29 is 4.74 Å². The van der Waals surface area contributed by atoms with Crippen LogP contribution in [0.4, 0.5) is 0 Å². The summed E-state index contributed by atoms with van der Waals surface area (Å²) in [6.45, 7) is 5.09. The van der Waals surface area contributed by atoms with Crippen molar-refractivity contribution in [2.24, 2.45) is 7.05 Å². The van der Waals surface area contributed by atoms with E-state index in [4.69, 9.17) is 4.74 Å². The maximum atomic E-state index is 5.30. The summed E-state index contributed by atoms with van der Waals surface area (Å²) in [5.41, 5.74) is 3.34. The molecule has 0 aliphatic heterocycles. The number of rotatable bonds is 5. The highest BCUT2D eigenvalue weighted by Crippen LogP contribution is 2.26. The predicted octanol–water partition coefficient (Wildman–Crippen LogP) is 2.59. The lowest BCUT2D eigenvalue weighted by Gasteiger charge is -2.13. The maximum Gasteiger partial charge on any atom is 0.119 e. The highest BCUT2D eigenvalue weighted by atomic mass is 16.5. The van der Waals surface area contributed by atoms with Gasteiger partial charge in [-0.25, -0.2) is 0 Å². The van der Waals surface area contributed by atoms with Gasteiger partial charge in [0.15, 0.2) is 0 Å². The fourth-order valence-corrected chi connectivity index (χ4v) is 1.97. The van der Waals surface area contributed by atoms with Gasteiger partial charge in [0, 0.05) is 31.4 Å². The van der Waals surface area contributed by atoms with E-state index in [1.54, 1.807) is 7.11 Å². The summed E-state index contributed by atoms with van der Waals surface area (Å²) >= 11 is 0. The van der Waals surface area contributed by atoms with Crippen molar-refractivity contribution in [2.75, 3.05) is 7.11 Å². The lowest BCUT2D eigenvalue weighted by Crippen LogP contribution is -2.22. The molecule has 19 heavy (non-hydrogen) atoms. The predicted molar refractivity (Wildman–Crippen MR) is 77.2 cm³/mol. The van der Waals surface area contributed by atoms with E-state index in [1.807, 2.05) is 30.1 Å². The van der Waals surface area contributed by atoms with Crippen molar-refractivity contribution in [2.45, 2.75) is 26.4 Å². The molecular formula is C15H21N3O. The number of aromatic nitrogens is 2. The van der Waals surface area contributed by atoms with E-state index in [9.17, 15) is 0 Å². The molecule has 0 fully saturated rings. The summed E-state index contributed by atoms with van der Waals surface area (Å²) in [7, 11) is 3.62. The number of methoxy groups -OCH3 is 1. The van der Waals surface area contributed by atoms with E-state index >= 15 is 0 Å². The Hall–Kier alpha value is -1.81. The van der Waals surface area contributed by atoms with Gasteiger partial charge in [-0.05, 0) is 29.8 Å². The molecule has 0 radical (unpaired) electrons. The van der Waals surface area contributed by atoms with Gasteiger partial charge in [0.1, 0.15) is 5.75 Å². The number of hydrogen-bond donors (Lipinski definition) is 1. The van der Waals surface area contributed by atoms with Crippen LogP contribution in [-0.2, 0) is 13.6 Å². The zero-order valence-corrected chi connectivity index (χ0v) is 12.0. The van der Waals surface area contributed by atoms with E-state index in [2.05, 4.69) is 36.4 Å². The van der Waals surface area contributed by atoms with Crippen molar-refractivity contribution in [1.29, 1.82) is 0 Å². The Kier molecular flexibility index (Phi) is 4.22. The van der Waals surface area contributed by atoms with Crippen molar-refractivity contribution in [3.63, 3.8) is 0 Å². The van der Waals surface area contributed by atoms with Gasteiger partial charge in [-0.1, -0.05) is 13.8 Å². The number of hydrogen-bond acceptors (Lipinski definition) is 3. The molecule has 2 aromatic rings. The first kappa shape index (κ1) is 13.6. The SMILES string of the molecule is COc1ccc(-c2ccn(C)n2)c(CNC(C)C)c1. The number of nitrogens with zero attached hydrogens (tertiary/aromatic N) is 2. The molecule has 1 N–H and O–H groups in total. The molecule has 0 amide bonds. The van der Waals surface area contributed by atoms with E-state index in [0.29, 0.717) is 6.04 Å². The van der Waals surface area contributed by atoms with Crippen LogP contribution in [0.3, 0.4) is 0 Å². The van der Waals surface area contributed by atoms with Gasteiger partial charge in [-0.3, -0.25) is 4.68 Å². The Balaban J connectivity index is 2.35. The smallest absolute Gasteiger partial charge is 0.119 e. The molecule has 4 heteroatoms. The second-order valence-electron chi connectivity index (χ2n) is 4.93. The minimum atomic E-state index is 0.447. The average Bonchev–Trinajstić information content (AvgIpc) is 2.82. The van der Waals surface area contributed by atoms with E-state index in [1.165, 1.54) is 5.56 Å². The lowest BCUT2D eigenvalue weighted by molar-refractivity contribution is 0.414. The molecular weight excluding hydrogens is 238 g/mol. The topological polar surface area (TPSA) is 39.1 Å². The third-order valence-corrected chi connectivity index (χ3v) is 3.00. The molecule has 2 rings (SSSR count). The van der Waals surface area contributed by atoms with Gasteiger partial charge in [0.05, 0.1) is 12.8 Å². The molecule has 1 heterocycles. The fourth-order valence-electron chi connectivity index (χ4n) is 1.97. The minimum Gasteiger partial charge on any atom is -0.497 e. The Labute approximate surface area is 114 Å². The number of ether oxygens (including phenoxy) is 1. The Morgan fingerprint density at radius 3 is 2.68 bits per heavy atom. The van der Waals surface area contributed by atoms with Crippen LogP contribution in [0.2, 0.25) is 0 Å². The summed E-state index contributed by atoms with van der Waals surface area (Å²) < 4.78 is 7.12. The summed E-state index contributed by atoms with van der Waals surface area (Å²) in [4.78, 5) is 0. The van der Waals surface area contributed by atoms with Crippen LogP contribution in [0.25, 0.3) is 11.3 Å². The van der Waals surface area contributed by atoms with Gasteiger partial charge in [0.2, 0.25) is 0 Å². The first-order valence-electron chi connectivity index (χ1n) is 6.50. The summed E-state index contributed by atoms with van der Waals surface area (Å²) in [5, 5.41) is 7.91. The van der Waals surface area contributed by atoms with Gasteiger partial charge < -0.3 is 10.1 Å². The number of aryl methyl sites for hydroxylation is 1. The molecule has 0 unspecified atom stereocenters. The van der Waals surface area contributed by atoms with Crippen molar-refractivity contribution in [1.82, 2.24) is 15.1 Å². The van der Waals surface area contributed by atoms with Gasteiger partial charge in [-0.15, -0.1) is 0 Å². The molecule has 0 aliphatic rings. The first-order chi connectivity index (χ1) is 9.10. The van der Waals surface area contributed by atoms with Gasteiger partial charge in [0.25, 0.3) is 0 Å². The van der Waals surface area contributed by atoms with Crippen LogP contribution >= 0.6 is 0 Å². The fraction of sp³-hybridized carbons (Fsp3) is 0.400. The monoisotopic (exact) mass is 259 g/mol. The van der Waals surface area contributed by atoms with E-state index < -0.39 is 0 Å². The molecule has 0 saturated carbocycles. The van der Waals surface area contributed by atoms with Crippen molar-refractivity contribution in [3.8, 4) is 17.0 Å². The second-order valence-corrected chi connectivity index (χ2v) is 4.93. The molecule has 0 saturated heterocycles. The summed E-state index contributed by atoms with van der Waals surface area (Å²) in [5.74, 6) is 0.875. The normalized spacial score (nSPS) is 11.0.